The van der Waals surface area contributed by atoms with Crippen LogP contribution in [0.15, 0.2) is 127 Å². The van der Waals surface area contributed by atoms with Gasteiger partial charge < -0.3 is 24.1 Å². The van der Waals surface area contributed by atoms with Gasteiger partial charge in [-0.3, -0.25) is 4.79 Å². The molecule has 0 spiro atoms. The van der Waals surface area contributed by atoms with Crippen LogP contribution < -0.4 is 0 Å². The summed E-state index contributed by atoms with van der Waals surface area (Å²) in [5.74, 6) is -3.34. The molecule has 0 bridgehead atoms. The van der Waals surface area contributed by atoms with Gasteiger partial charge in [0, 0.05) is 11.1 Å². The number of aliphatic hydroxyl groups is 1. The molecule has 43 heavy (non-hydrogen) atoms. The van der Waals surface area contributed by atoms with Crippen LogP contribution in [0.5, 0.6) is 0 Å². The number of hydrogen-bond donors (Lipinski definition) is 1. The molecule has 4 aromatic carbocycles. The van der Waals surface area contributed by atoms with Crippen LogP contribution in [0.2, 0.25) is 0 Å². The molecule has 0 aromatic heterocycles. The Balaban J connectivity index is 1.41. The van der Waals surface area contributed by atoms with Gasteiger partial charge in [-0.15, -0.1) is 0 Å². The maximum atomic E-state index is 13.5. The monoisotopic (exact) mass is 578 g/mol. The van der Waals surface area contributed by atoms with E-state index in [0.29, 0.717) is 5.56 Å². The van der Waals surface area contributed by atoms with Crippen molar-refractivity contribution in [3.63, 3.8) is 0 Å². The van der Waals surface area contributed by atoms with E-state index in [4.69, 9.17) is 18.9 Å². The molecule has 0 radical (unpaired) electrons. The van der Waals surface area contributed by atoms with Crippen molar-refractivity contribution >= 4 is 23.7 Å². The molecule has 0 unspecified atom stereocenters. The Kier molecular flexibility index (Phi) is 8.92. The molecule has 3 atom stereocenters. The maximum Gasteiger partial charge on any atom is 0.339 e. The molecule has 9 heteroatoms. The van der Waals surface area contributed by atoms with E-state index in [-0.39, 0.29) is 22.3 Å². The smallest absolute Gasteiger partial charge is 0.339 e. The molecule has 4 aromatic rings. The molecule has 1 N–H and O–H groups in total. The number of ether oxygens (including phenoxy) is 4. The summed E-state index contributed by atoms with van der Waals surface area (Å²) in [6.07, 6.45) is -3.20. The summed E-state index contributed by atoms with van der Waals surface area (Å²) in [6.45, 7) is -0.401. The molecule has 0 fully saturated rings. The van der Waals surface area contributed by atoms with Gasteiger partial charge in [0.15, 0.2) is 23.8 Å². The molecule has 0 amide bonds. The molecule has 216 valence electrons. The number of esters is 3. The van der Waals surface area contributed by atoms with Gasteiger partial charge >= 0.3 is 17.9 Å². The molecule has 0 aliphatic carbocycles. The molecule has 1 aliphatic heterocycles. The summed E-state index contributed by atoms with van der Waals surface area (Å²) >= 11 is 0. The number of carbonyl (C=O) groups excluding carboxylic acids is 4. The van der Waals surface area contributed by atoms with Crippen LogP contribution in [-0.4, -0.2) is 53.7 Å². The van der Waals surface area contributed by atoms with Gasteiger partial charge in [-0.05, 0) is 30.3 Å². The zero-order valence-electron chi connectivity index (χ0n) is 22.7. The Hall–Kier alpha value is -5.70. The van der Waals surface area contributed by atoms with Gasteiger partial charge in [-0.2, -0.15) is 0 Å². The average Bonchev–Trinajstić information content (AvgIpc) is 3.06. The maximum absolute atomic E-state index is 13.5. The van der Waals surface area contributed by atoms with Crippen LogP contribution >= 0.6 is 0 Å². The summed E-state index contributed by atoms with van der Waals surface area (Å²) in [7, 11) is 0. The van der Waals surface area contributed by atoms with Crippen LogP contribution in [0.25, 0.3) is 0 Å². The Morgan fingerprint density at radius 2 is 1.12 bits per heavy atom. The fraction of sp³-hybridized carbons (Fsp3) is 0.118. The number of rotatable bonds is 9. The van der Waals surface area contributed by atoms with Gasteiger partial charge in [0.25, 0.3) is 0 Å². The highest BCUT2D eigenvalue weighted by Gasteiger charge is 2.44. The first kappa shape index (κ1) is 28.8. The highest BCUT2D eigenvalue weighted by atomic mass is 16.6. The van der Waals surface area contributed by atoms with Crippen LogP contribution in [0.1, 0.15) is 47.0 Å². The molecular formula is C34H26O9. The predicted octanol–water partition coefficient (Wildman–Crippen LogP) is 5.32. The van der Waals surface area contributed by atoms with Crippen LogP contribution in [0, 0.1) is 0 Å². The van der Waals surface area contributed by atoms with Crippen molar-refractivity contribution in [3.05, 3.63) is 155 Å². The zero-order chi connectivity index (χ0) is 30.2. The SMILES string of the molecule is O=C(OC[C@H]1OC=C(O)[C@@H](OC(=O)c2ccccc2C(=O)c2ccccc2)[C@@H]1OC(=O)c1ccccc1)c1ccccc1. The molecule has 5 rings (SSSR count). The highest BCUT2D eigenvalue weighted by Crippen LogP contribution is 2.27. The minimum absolute atomic E-state index is 0.0594. The second-order valence-corrected chi connectivity index (χ2v) is 9.48. The number of benzene rings is 4. The van der Waals surface area contributed by atoms with E-state index < -0.39 is 54.4 Å². The topological polar surface area (TPSA) is 125 Å². The first-order chi connectivity index (χ1) is 20.9. The third-order valence-electron chi connectivity index (χ3n) is 6.62. The molecule has 1 aliphatic rings. The number of aliphatic hydroxyl groups excluding tert-OH is 1. The minimum Gasteiger partial charge on any atom is -0.506 e. The lowest BCUT2D eigenvalue weighted by Gasteiger charge is -2.34. The fourth-order valence-corrected chi connectivity index (χ4v) is 4.43. The van der Waals surface area contributed by atoms with Crippen LogP contribution in [0.4, 0.5) is 0 Å². The van der Waals surface area contributed by atoms with Gasteiger partial charge in [-0.1, -0.05) is 84.9 Å². The fourth-order valence-electron chi connectivity index (χ4n) is 4.43. The van der Waals surface area contributed by atoms with Crippen molar-refractivity contribution in [2.75, 3.05) is 6.61 Å². The molecular weight excluding hydrogens is 552 g/mol. The number of ketones is 1. The highest BCUT2D eigenvalue weighted by molar-refractivity contribution is 6.14. The Bertz CT molecular complexity index is 1630. The van der Waals surface area contributed by atoms with Crippen molar-refractivity contribution in [1.82, 2.24) is 0 Å². The van der Waals surface area contributed by atoms with E-state index in [1.807, 2.05) is 0 Å². The normalized spacial score (nSPS) is 17.5. The Morgan fingerprint density at radius 3 is 1.72 bits per heavy atom. The van der Waals surface area contributed by atoms with Crippen molar-refractivity contribution in [2.24, 2.45) is 0 Å². The lowest BCUT2D eigenvalue weighted by Crippen LogP contribution is -2.50. The third-order valence-corrected chi connectivity index (χ3v) is 6.62. The van der Waals surface area contributed by atoms with Crippen LogP contribution in [0.3, 0.4) is 0 Å². The van der Waals surface area contributed by atoms with Crippen molar-refractivity contribution in [1.29, 1.82) is 0 Å². The van der Waals surface area contributed by atoms with E-state index in [1.54, 1.807) is 91.0 Å². The second-order valence-electron chi connectivity index (χ2n) is 9.48. The number of carbonyl (C=O) groups is 4. The largest absolute Gasteiger partial charge is 0.506 e. The molecule has 9 nitrogen and oxygen atoms in total. The van der Waals surface area contributed by atoms with E-state index in [9.17, 15) is 24.3 Å². The van der Waals surface area contributed by atoms with Gasteiger partial charge in [0.05, 0.1) is 16.7 Å². The summed E-state index contributed by atoms with van der Waals surface area (Å²) < 4.78 is 22.3. The summed E-state index contributed by atoms with van der Waals surface area (Å²) in [5.41, 5.74) is 0.875. The minimum atomic E-state index is -1.55. The molecule has 0 saturated heterocycles. The lowest BCUT2D eigenvalue weighted by atomic mass is 9.98. The second kappa shape index (κ2) is 13.3. The Labute approximate surface area is 246 Å². The van der Waals surface area contributed by atoms with Gasteiger partial charge in [0.2, 0.25) is 6.10 Å². The van der Waals surface area contributed by atoms with E-state index in [0.717, 1.165) is 6.26 Å². The average molecular weight is 579 g/mol. The quantitative estimate of drug-likeness (QED) is 0.159. The standard InChI is InChI=1S/C34H26O9/c35-27-20-40-28(21-41-32(37)23-14-6-2-7-15-23)31(43-33(38)24-16-8-3-9-17-24)30(27)42-34(39)26-19-11-10-18-25(26)29(36)22-12-4-1-5-13-22/h1-20,28,30-31,35H,21H2/t28-,30-,31-/m1/s1. The van der Waals surface area contributed by atoms with E-state index >= 15 is 0 Å². The summed E-state index contributed by atoms with van der Waals surface area (Å²) in [5, 5.41) is 10.7. The molecule has 1 heterocycles. The van der Waals surface area contributed by atoms with E-state index in [1.165, 1.54) is 24.3 Å². The van der Waals surface area contributed by atoms with Crippen molar-refractivity contribution in [3.8, 4) is 0 Å². The number of hydrogen-bond acceptors (Lipinski definition) is 9. The van der Waals surface area contributed by atoms with Crippen molar-refractivity contribution < 1.29 is 43.2 Å². The summed E-state index contributed by atoms with van der Waals surface area (Å²) in [4.78, 5) is 52.4. The van der Waals surface area contributed by atoms with Gasteiger partial charge in [-0.25, -0.2) is 14.4 Å². The van der Waals surface area contributed by atoms with Crippen LogP contribution in [-0.2, 0) is 18.9 Å². The Morgan fingerprint density at radius 1 is 0.605 bits per heavy atom. The third kappa shape index (κ3) is 6.79. The summed E-state index contributed by atoms with van der Waals surface area (Å²) in [6, 6.07) is 30.8. The first-order valence-electron chi connectivity index (χ1n) is 13.3. The first-order valence-corrected chi connectivity index (χ1v) is 13.3. The zero-order valence-corrected chi connectivity index (χ0v) is 22.7. The van der Waals surface area contributed by atoms with Crippen molar-refractivity contribution in [2.45, 2.75) is 18.3 Å². The lowest BCUT2D eigenvalue weighted by molar-refractivity contribution is -0.114. The van der Waals surface area contributed by atoms with Gasteiger partial charge in [0.1, 0.15) is 12.9 Å². The predicted molar refractivity (Wildman–Crippen MR) is 153 cm³/mol. The molecule has 0 saturated carbocycles. The van der Waals surface area contributed by atoms with E-state index in [2.05, 4.69) is 0 Å².